The van der Waals surface area contributed by atoms with Crippen molar-refractivity contribution in [3.63, 3.8) is 0 Å². The van der Waals surface area contributed by atoms with E-state index in [4.69, 9.17) is 0 Å². The molecule has 15 aromatic rings. The van der Waals surface area contributed by atoms with Gasteiger partial charge in [0.2, 0.25) is 0 Å². The molecule has 3 heterocycles. The van der Waals surface area contributed by atoms with Gasteiger partial charge in [-0.3, -0.25) is 0 Å². The Balaban J connectivity index is 1.10. The minimum atomic E-state index is -0.228. The summed E-state index contributed by atoms with van der Waals surface area (Å²) in [6.07, 6.45) is 0. The molecule has 2 aliphatic heterocycles. The zero-order valence-corrected chi connectivity index (χ0v) is 44.8. The lowest BCUT2D eigenvalue weighted by molar-refractivity contribution is 1.24. The summed E-state index contributed by atoms with van der Waals surface area (Å²) in [7, 11) is 0. The molecular weight excluding hydrogens is 990 g/mol. The average Bonchev–Trinajstić information content (AvgIpc) is 2.49. The van der Waals surface area contributed by atoms with E-state index in [1.165, 1.54) is 98.4 Å². The van der Waals surface area contributed by atoms with E-state index < -0.39 is 0 Å². The molecule has 0 saturated heterocycles. The largest absolute Gasteiger partial charge is 0.375 e. The van der Waals surface area contributed by atoms with Crippen LogP contribution in [0.1, 0.15) is 0 Å². The Morgan fingerprint density at radius 1 is 0.305 bits per heavy atom. The van der Waals surface area contributed by atoms with E-state index in [0.717, 1.165) is 56.4 Å². The van der Waals surface area contributed by atoms with Crippen LogP contribution in [-0.4, -0.2) is 11.3 Å². The van der Waals surface area contributed by atoms with Gasteiger partial charge in [-0.15, -0.1) is 0 Å². The summed E-state index contributed by atoms with van der Waals surface area (Å²) in [5.74, 6) is 0. The van der Waals surface area contributed by atoms with Crippen LogP contribution in [-0.2, 0) is 0 Å². The number of para-hydroxylation sites is 3. The number of aromatic nitrogens is 1. The van der Waals surface area contributed by atoms with Crippen molar-refractivity contribution in [3.05, 3.63) is 303 Å². The molecule has 1 aromatic heterocycles. The second-order valence-corrected chi connectivity index (χ2v) is 21.9. The van der Waals surface area contributed by atoms with Crippen LogP contribution >= 0.6 is 0 Å². The first-order valence-corrected chi connectivity index (χ1v) is 28.4. The van der Waals surface area contributed by atoms with Gasteiger partial charge >= 0.3 is 6.85 Å². The molecule has 2 aliphatic rings. The van der Waals surface area contributed by atoms with E-state index >= 15 is 0 Å². The first-order valence-electron chi connectivity index (χ1n) is 28.4. The number of nitrogens with zero attached hydrogens (tertiary/aromatic N) is 3. The number of rotatable bonds is 8. The van der Waals surface area contributed by atoms with E-state index in [1.54, 1.807) is 0 Å². The maximum Gasteiger partial charge on any atom is 0.333 e. The molecule has 0 amide bonds. The lowest BCUT2D eigenvalue weighted by Gasteiger charge is -2.42. The molecule has 380 valence electrons. The molecule has 0 aliphatic carbocycles. The molecule has 82 heavy (non-hydrogen) atoms. The van der Waals surface area contributed by atoms with Gasteiger partial charge in [0.15, 0.2) is 0 Å². The molecule has 0 unspecified atom stereocenters. The Kier molecular flexibility index (Phi) is 10.4. The molecule has 0 fully saturated rings. The van der Waals surface area contributed by atoms with Gasteiger partial charge in [-0.1, -0.05) is 231 Å². The summed E-state index contributed by atoms with van der Waals surface area (Å²) in [4.78, 5) is 5.09. The smallest absolute Gasteiger partial charge is 0.333 e. The molecule has 0 atom stereocenters. The summed E-state index contributed by atoms with van der Waals surface area (Å²) >= 11 is 0. The van der Waals surface area contributed by atoms with Gasteiger partial charge in [0.25, 0.3) is 0 Å². The van der Waals surface area contributed by atoms with Crippen molar-refractivity contribution in [3.8, 4) is 55.6 Å². The second kappa shape index (κ2) is 18.5. The van der Waals surface area contributed by atoms with Crippen LogP contribution in [0.5, 0.6) is 0 Å². The summed E-state index contributed by atoms with van der Waals surface area (Å²) in [6, 6.07) is 113. The van der Waals surface area contributed by atoms with E-state index in [9.17, 15) is 0 Å². The molecule has 14 aromatic carbocycles. The number of hydrogen-bond donors (Lipinski definition) is 0. The molecule has 3 nitrogen and oxygen atoms in total. The van der Waals surface area contributed by atoms with Gasteiger partial charge in [0.1, 0.15) is 0 Å². The molecular formula is C78H50BN3. The van der Waals surface area contributed by atoms with Crippen molar-refractivity contribution in [1.29, 1.82) is 0 Å². The maximum atomic E-state index is 2.73. The highest BCUT2D eigenvalue weighted by molar-refractivity contribution is 6.90. The quantitative estimate of drug-likeness (QED) is 0.111. The van der Waals surface area contributed by atoms with Gasteiger partial charge in [-0.25, -0.2) is 0 Å². The highest BCUT2D eigenvalue weighted by atomic mass is 15.2. The van der Waals surface area contributed by atoms with Crippen molar-refractivity contribution in [2.45, 2.75) is 0 Å². The van der Waals surface area contributed by atoms with Gasteiger partial charge < -0.3 is 14.3 Å². The molecule has 17 rings (SSSR count). The Morgan fingerprint density at radius 3 is 1.35 bits per heavy atom. The van der Waals surface area contributed by atoms with Crippen LogP contribution in [0.4, 0.5) is 34.1 Å². The standard InChI is InChI=1S/C78H50BN3/c1-7-25-51(26-8-1)56-43-57(52-27-9-2-10-28-52)45-60(44-56)81-72-50-67-66(74(53-29-11-3-12-30-53)63-39-21-22-40-64(63)75(67)54-31-13-4-14-32-54)49-70(72)79-77-68(47-61(48-73(77)81)80(58-34-15-5-16-35-58)59-36-17-6-18-37-59)69-46-55-33-19-20-38-62(55)76-65-41-23-24-42-71(65)82(79)78(69)76/h1-50H. The Hall–Kier alpha value is -10.7. The Morgan fingerprint density at radius 2 is 0.780 bits per heavy atom. The maximum absolute atomic E-state index is 2.73. The van der Waals surface area contributed by atoms with Crippen LogP contribution in [0.2, 0.25) is 0 Å². The van der Waals surface area contributed by atoms with Crippen molar-refractivity contribution in [2.75, 3.05) is 9.80 Å². The predicted molar refractivity (Wildman–Crippen MR) is 349 cm³/mol. The van der Waals surface area contributed by atoms with E-state index in [0.29, 0.717) is 0 Å². The third kappa shape index (κ3) is 7.05. The van der Waals surface area contributed by atoms with Crippen molar-refractivity contribution < 1.29 is 0 Å². The fourth-order valence-corrected chi connectivity index (χ4v) is 14.0. The minimum Gasteiger partial charge on any atom is -0.375 e. The summed E-state index contributed by atoms with van der Waals surface area (Å²) in [5.41, 5.74) is 23.6. The lowest BCUT2D eigenvalue weighted by Crippen LogP contribution is -2.56. The summed E-state index contributed by atoms with van der Waals surface area (Å²) in [6.45, 7) is -0.228. The first kappa shape index (κ1) is 46.3. The monoisotopic (exact) mass is 1040 g/mol. The third-order valence-electron chi connectivity index (χ3n) is 17.4. The van der Waals surface area contributed by atoms with Crippen molar-refractivity contribution in [2.24, 2.45) is 0 Å². The second-order valence-electron chi connectivity index (χ2n) is 21.9. The zero-order chi connectivity index (χ0) is 53.8. The van der Waals surface area contributed by atoms with E-state index in [1.807, 2.05) is 0 Å². The molecule has 0 N–H and O–H groups in total. The normalized spacial score (nSPS) is 12.3. The Labute approximate surface area is 476 Å². The van der Waals surface area contributed by atoms with Crippen LogP contribution in [0.3, 0.4) is 0 Å². The molecule has 4 heteroatoms. The molecule has 0 saturated carbocycles. The number of anilines is 6. The number of fused-ring (bicyclic) bond motifs is 11. The van der Waals surface area contributed by atoms with E-state index in [-0.39, 0.29) is 6.85 Å². The van der Waals surface area contributed by atoms with Gasteiger partial charge in [-0.2, -0.15) is 0 Å². The lowest BCUT2D eigenvalue weighted by atomic mass is 9.44. The SMILES string of the molecule is c1ccc(-c2cc(-c3ccccc3)cc(N3c4cc5c(-c6ccccc6)c6ccccc6c(-c6ccccc6)c5cc4B4c5c(cc(N(c6ccccc6)c6ccccc6)cc53)-c3cc5ccccc5c5c6ccccc6n4c35)c2)cc1. The zero-order valence-electron chi connectivity index (χ0n) is 44.8. The van der Waals surface area contributed by atoms with Gasteiger partial charge in [0.05, 0.1) is 0 Å². The van der Waals surface area contributed by atoms with Crippen LogP contribution in [0.15, 0.2) is 303 Å². The first-order chi connectivity index (χ1) is 40.7. The molecule has 0 bridgehead atoms. The van der Waals surface area contributed by atoms with E-state index in [2.05, 4.69) is 318 Å². The fourth-order valence-electron chi connectivity index (χ4n) is 14.0. The average molecular weight is 1040 g/mol. The highest BCUT2D eigenvalue weighted by Gasteiger charge is 2.44. The van der Waals surface area contributed by atoms with Crippen LogP contribution in [0, 0.1) is 0 Å². The van der Waals surface area contributed by atoms with Crippen molar-refractivity contribution in [1.82, 2.24) is 4.48 Å². The minimum absolute atomic E-state index is 0.228. The molecule has 0 spiro atoms. The van der Waals surface area contributed by atoms with Crippen molar-refractivity contribution >= 4 is 106 Å². The Bertz CT molecular complexity index is 4930. The summed E-state index contributed by atoms with van der Waals surface area (Å²) in [5, 5.41) is 9.93. The fraction of sp³-hybridized carbons (Fsp3) is 0. The highest BCUT2D eigenvalue weighted by Crippen LogP contribution is 2.53. The summed E-state index contributed by atoms with van der Waals surface area (Å²) < 4.78 is 2.73. The number of benzene rings is 14. The topological polar surface area (TPSA) is 11.4 Å². The third-order valence-corrected chi connectivity index (χ3v) is 17.4. The van der Waals surface area contributed by atoms with Gasteiger partial charge in [0, 0.05) is 61.5 Å². The van der Waals surface area contributed by atoms with Gasteiger partial charge in [-0.05, 0) is 166 Å². The van der Waals surface area contributed by atoms with Crippen LogP contribution in [0.25, 0.3) is 110 Å². The predicted octanol–water partition coefficient (Wildman–Crippen LogP) is 19.8. The number of hydrogen-bond acceptors (Lipinski definition) is 2. The molecule has 0 radical (unpaired) electrons. The van der Waals surface area contributed by atoms with Crippen LogP contribution < -0.4 is 20.7 Å².